The number of carbonyl (C=O) groups is 1. The Kier molecular flexibility index (Phi) is 6.58. The first-order valence-corrected chi connectivity index (χ1v) is 11.5. The molecule has 4 rings (SSSR count). The number of amides is 1. The van der Waals surface area contributed by atoms with Crippen molar-refractivity contribution in [1.82, 2.24) is 19.7 Å². The summed E-state index contributed by atoms with van der Waals surface area (Å²) in [6, 6.07) is 19.7. The lowest BCUT2D eigenvalue weighted by Gasteiger charge is -2.17. The van der Waals surface area contributed by atoms with E-state index in [-0.39, 0.29) is 11.7 Å². The second-order valence-corrected chi connectivity index (χ2v) is 8.89. The van der Waals surface area contributed by atoms with E-state index in [2.05, 4.69) is 26.1 Å². The summed E-state index contributed by atoms with van der Waals surface area (Å²) < 4.78 is 8.44. The summed E-state index contributed by atoms with van der Waals surface area (Å²) in [6.07, 6.45) is 1.64. The smallest absolute Gasteiger partial charge is 0.233 e. The van der Waals surface area contributed by atoms with Crippen LogP contribution in [0.1, 0.15) is 11.3 Å². The maximum atomic E-state index is 12.7. The molecule has 6 nitrogen and oxygen atoms in total. The zero-order valence-electron chi connectivity index (χ0n) is 17.2. The van der Waals surface area contributed by atoms with Gasteiger partial charge < -0.3 is 9.32 Å². The molecule has 8 heteroatoms. The molecule has 0 bridgehead atoms. The van der Waals surface area contributed by atoms with Gasteiger partial charge in [-0.2, -0.15) is 0 Å². The van der Waals surface area contributed by atoms with Crippen molar-refractivity contribution in [2.75, 3.05) is 12.8 Å². The van der Waals surface area contributed by atoms with Crippen LogP contribution in [0.2, 0.25) is 0 Å². The molecular formula is C23H21BrN4O2S. The van der Waals surface area contributed by atoms with Crippen molar-refractivity contribution in [2.24, 2.45) is 0 Å². The summed E-state index contributed by atoms with van der Waals surface area (Å²) in [5.41, 5.74) is 2.89. The number of aromatic nitrogens is 3. The van der Waals surface area contributed by atoms with Crippen LogP contribution in [-0.4, -0.2) is 38.4 Å². The minimum Gasteiger partial charge on any atom is -0.469 e. The highest BCUT2D eigenvalue weighted by Crippen LogP contribution is 2.30. The monoisotopic (exact) mass is 496 g/mol. The summed E-state index contributed by atoms with van der Waals surface area (Å²) in [4.78, 5) is 14.5. The van der Waals surface area contributed by atoms with Gasteiger partial charge in [0.2, 0.25) is 5.91 Å². The first kappa shape index (κ1) is 21.4. The maximum absolute atomic E-state index is 12.7. The first-order valence-electron chi connectivity index (χ1n) is 9.69. The highest BCUT2D eigenvalue weighted by atomic mass is 79.9. The van der Waals surface area contributed by atoms with Crippen molar-refractivity contribution in [3.05, 3.63) is 82.7 Å². The third kappa shape index (κ3) is 4.91. The van der Waals surface area contributed by atoms with E-state index < -0.39 is 0 Å². The van der Waals surface area contributed by atoms with Gasteiger partial charge in [-0.1, -0.05) is 58.0 Å². The average molecular weight is 497 g/mol. The molecule has 4 aromatic rings. The Bertz CT molecular complexity index is 1170. The fourth-order valence-corrected chi connectivity index (χ4v) is 4.31. The van der Waals surface area contributed by atoms with Gasteiger partial charge in [0.15, 0.2) is 11.0 Å². The van der Waals surface area contributed by atoms with E-state index in [0.717, 1.165) is 27.0 Å². The standard InChI is InChI=1S/C23H21BrN4O2S/c1-16-20(12-13-30-16)22-25-26-23(28(22)19-6-4-3-5-7-19)31-15-21(29)27(2)14-17-8-10-18(24)11-9-17/h3-13H,14-15H2,1-2H3. The normalized spacial score (nSPS) is 10.9. The number of halogens is 1. The van der Waals surface area contributed by atoms with Crippen molar-refractivity contribution >= 4 is 33.6 Å². The molecule has 0 aliphatic heterocycles. The molecule has 1 amide bonds. The summed E-state index contributed by atoms with van der Waals surface area (Å²) in [5.74, 6) is 1.75. The minimum atomic E-state index is 0.0246. The highest BCUT2D eigenvalue weighted by molar-refractivity contribution is 9.10. The van der Waals surface area contributed by atoms with Crippen molar-refractivity contribution in [2.45, 2.75) is 18.6 Å². The molecule has 2 aromatic heterocycles. The van der Waals surface area contributed by atoms with Crippen LogP contribution in [0, 0.1) is 6.92 Å². The predicted molar refractivity (Wildman–Crippen MR) is 125 cm³/mol. The van der Waals surface area contributed by atoms with Crippen LogP contribution < -0.4 is 0 Å². The summed E-state index contributed by atoms with van der Waals surface area (Å²) in [7, 11) is 1.81. The van der Waals surface area contributed by atoms with Gasteiger partial charge in [0.25, 0.3) is 0 Å². The molecule has 158 valence electrons. The summed E-state index contributed by atoms with van der Waals surface area (Å²) in [6.45, 7) is 2.45. The number of rotatable bonds is 7. The molecule has 0 fully saturated rings. The Hall–Kier alpha value is -2.84. The van der Waals surface area contributed by atoms with E-state index in [9.17, 15) is 4.79 Å². The third-order valence-corrected chi connectivity index (χ3v) is 6.27. The van der Waals surface area contributed by atoms with Crippen molar-refractivity contribution in [1.29, 1.82) is 0 Å². The third-order valence-electron chi connectivity index (χ3n) is 4.83. The molecule has 0 unspecified atom stereocenters. The predicted octanol–water partition coefficient (Wildman–Crippen LogP) is 5.35. The highest BCUT2D eigenvalue weighted by Gasteiger charge is 2.20. The number of hydrogen-bond donors (Lipinski definition) is 0. The Morgan fingerprint density at radius 3 is 2.52 bits per heavy atom. The zero-order valence-corrected chi connectivity index (χ0v) is 19.6. The molecule has 0 aliphatic rings. The number of aryl methyl sites for hydroxylation is 1. The van der Waals surface area contributed by atoms with E-state index in [1.807, 2.05) is 79.2 Å². The number of thioether (sulfide) groups is 1. The number of nitrogens with zero attached hydrogens (tertiary/aromatic N) is 4. The van der Waals surface area contributed by atoms with Crippen molar-refractivity contribution < 1.29 is 9.21 Å². The van der Waals surface area contributed by atoms with E-state index in [1.54, 1.807) is 11.2 Å². The van der Waals surface area contributed by atoms with Crippen LogP contribution >= 0.6 is 27.7 Å². The number of furan rings is 1. The summed E-state index contributed by atoms with van der Waals surface area (Å²) >= 11 is 4.81. The van der Waals surface area contributed by atoms with E-state index in [0.29, 0.717) is 17.5 Å². The average Bonchev–Trinajstić information content (AvgIpc) is 3.39. The van der Waals surface area contributed by atoms with Crippen LogP contribution in [0.5, 0.6) is 0 Å². The van der Waals surface area contributed by atoms with Gasteiger partial charge in [0.05, 0.1) is 17.6 Å². The van der Waals surface area contributed by atoms with Gasteiger partial charge in [-0.3, -0.25) is 9.36 Å². The SMILES string of the molecule is Cc1occc1-c1nnc(SCC(=O)N(C)Cc2ccc(Br)cc2)n1-c1ccccc1. The first-order chi connectivity index (χ1) is 15.0. The summed E-state index contributed by atoms with van der Waals surface area (Å²) in [5, 5.41) is 9.43. The number of hydrogen-bond acceptors (Lipinski definition) is 5. The van der Waals surface area contributed by atoms with Crippen molar-refractivity contribution in [3.8, 4) is 17.1 Å². The molecule has 0 atom stereocenters. The van der Waals surface area contributed by atoms with Gasteiger partial charge in [-0.15, -0.1) is 10.2 Å². The van der Waals surface area contributed by atoms with Crippen LogP contribution in [-0.2, 0) is 11.3 Å². The lowest BCUT2D eigenvalue weighted by atomic mass is 10.2. The molecule has 0 saturated heterocycles. The zero-order chi connectivity index (χ0) is 21.8. The van der Waals surface area contributed by atoms with Gasteiger partial charge in [-0.05, 0) is 42.8 Å². The Morgan fingerprint density at radius 2 is 1.84 bits per heavy atom. The molecule has 0 radical (unpaired) electrons. The molecule has 0 saturated carbocycles. The van der Waals surface area contributed by atoms with Gasteiger partial charge >= 0.3 is 0 Å². The number of para-hydroxylation sites is 1. The van der Waals surface area contributed by atoms with E-state index in [4.69, 9.17) is 4.42 Å². The van der Waals surface area contributed by atoms with Crippen molar-refractivity contribution in [3.63, 3.8) is 0 Å². The van der Waals surface area contributed by atoms with Crippen LogP contribution in [0.3, 0.4) is 0 Å². The van der Waals surface area contributed by atoms with Gasteiger partial charge in [-0.25, -0.2) is 0 Å². The fraction of sp³-hybridized carbons (Fsp3) is 0.174. The lowest BCUT2D eigenvalue weighted by Crippen LogP contribution is -2.27. The second-order valence-electron chi connectivity index (χ2n) is 7.03. The molecule has 31 heavy (non-hydrogen) atoms. The van der Waals surface area contributed by atoms with Crippen LogP contribution in [0.15, 0.2) is 81.0 Å². The minimum absolute atomic E-state index is 0.0246. The number of carbonyl (C=O) groups excluding carboxylic acids is 1. The topological polar surface area (TPSA) is 64.2 Å². The molecule has 0 N–H and O–H groups in total. The Morgan fingerprint density at radius 1 is 1.10 bits per heavy atom. The van der Waals surface area contributed by atoms with Crippen LogP contribution in [0.25, 0.3) is 17.1 Å². The van der Waals surface area contributed by atoms with Gasteiger partial charge in [0, 0.05) is 23.8 Å². The lowest BCUT2D eigenvalue weighted by molar-refractivity contribution is -0.127. The molecule has 0 aliphatic carbocycles. The van der Waals surface area contributed by atoms with Gasteiger partial charge in [0.1, 0.15) is 5.76 Å². The molecule has 2 heterocycles. The largest absolute Gasteiger partial charge is 0.469 e. The number of benzene rings is 2. The molecule has 0 spiro atoms. The quantitative estimate of drug-likeness (QED) is 0.322. The Balaban J connectivity index is 1.53. The maximum Gasteiger partial charge on any atom is 0.233 e. The fourth-order valence-electron chi connectivity index (χ4n) is 3.15. The molecule has 2 aromatic carbocycles. The van der Waals surface area contributed by atoms with E-state index >= 15 is 0 Å². The van der Waals surface area contributed by atoms with Crippen LogP contribution in [0.4, 0.5) is 0 Å². The van der Waals surface area contributed by atoms with E-state index in [1.165, 1.54) is 11.8 Å². The molecular weight excluding hydrogens is 476 g/mol. The second kappa shape index (κ2) is 9.53. The Labute approximate surface area is 193 Å².